The number of methoxy groups -OCH3 is 1. The van der Waals surface area contributed by atoms with Crippen LogP contribution in [0.4, 0.5) is 11.6 Å². The molecule has 1 fully saturated rings. The van der Waals surface area contributed by atoms with Crippen LogP contribution >= 0.6 is 0 Å². The average Bonchev–Trinajstić information content (AvgIpc) is 2.67. The zero-order valence-corrected chi connectivity index (χ0v) is 14.6. The first kappa shape index (κ1) is 17.2. The Morgan fingerprint density at radius 3 is 2.92 bits per heavy atom. The van der Waals surface area contributed by atoms with Crippen LogP contribution < -0.4 is 9.80 Å². The van der Waals surface area contributed by atoms with Gasteiger partial charge in [-0.2, -0.15) is 0 Å². The Labute approximate surface area is 144 Å². The largest absolute Gasteiger partial charge is 0.383 e. The lowest BCUT2D eigenvalue weighted by Crippen LogP contribution is -2.37. The van der Waals surface area contributed by atoms with Crippen molar-refractivity contribution in [3.8, 4) is 0 Å². The Morgan fingerprint density at radius 2 is 2.17 bits per heavy atom. The minimum absolute atomic E-state index is 0.689. The van der Waals surface area contributed by atoms with E-state index in [4.69, 9.17) is 9.47 Å². The van der Waals surface area contributed by atoms with E-state index in [2.05, 4.69) is 38.0 Å². The van der Waals surface area contributed by atoms with Gasteiger partial charge in [0.2, 0.25) is 0 Å². The summed E-state index contributed by atoms with van der Waals surface area (Å²) in [5.41, 5.74) is 0. The summed E-state index contributed by atoms with van der Waals surface area (Å²) >= 11 is 0. The van der Waals surface area contributed by atoms with Crippen LogP contribution in [0.3, 0.4) is 0 Å². The molecule has 1 atom stereocenters. The van der Waals surface area contributed by atoms with Crippen molar-refractivity contribution < 1.29 is 9.47 Å². The zero-order valence-electron chi connectivity index (χ0n) is 14.6. The van der Waals surface area contributed by atoms with Crippen LogP contribution in [-0.2, 0) is 9.47 Å². The van der Waals surface area contributed by atoms with E-state index in [1.807, 2.05) is 0 Å². The molecule has 1 aromatic heterocycles. The summed E-state index contributed by atoms with van der Waals surface area (Å²) in [6.07, 6.45) is 9.87. The predicted octanol–water partition coefficient (Wildman–Crippen LogP) is 2.12. The van der Waals surface area contributed by atoms with E-state index in [-0.39, 0.29) is 0 Å². The van der Waals surface area contributed by atoms with E-state index >= 15 is 0 Å². The molecule has 6 nitrogen and oxygen atoms in total. The van der Waals surface area contributed by atoms with Gasteiger partial charge >= 0.3 is 0 Å². The smallest absolute Gasteiger partial charge is 0.134 e. The maximum atomic E-state index is 5.43. The molecule has 2 aliphatic rings. The number of hydrogen-bond acceptors (Lipinski definition) is 6. The normalized spacial score (nSPS) is 21.0. The Bertz CT molecular complexity index is 532. The summed E-state index contributed by atoms with van der Waals surface area (Å²) in [7, 11) is 1.75. The van der Waals surface area contributed by atoms with Gasteiger partial charge in [-0.1, -0.05) is 12.2 Å². The predicted molar refractivity (Wildman–Crippen MR) is 95.6 cm³/mol. The number of morpholine rings is 1. The van der Waals surface area contributed by atoms with Crippen molar-refractivity contribution in [1.82, 2.24) is 9.97 Å². The van der Waals surface area contributed by atoms with Crippen LogP contribution in [0.1, 0.15) is 19.3 Å². The highest BCUT2D eigenvalue weighted by molar-refractivity contribution is 5.50. The van der Waals surface area contributed by atoms with E-state index in [1.54, 1.807) is 13.4 Å². The average molecular weight is 332 g/mol. The summed E-state index contributed by atoms with van der Waals surface area (Å²) in [4.78, 5) is 13.6. The summed E-state index contributed by atoms with van der Waals surface area (Å²) in [5, 5.41) is 0. The first-order valence-corrected chi connectivity index (χ1v) is 8.90. The number of aromatic nitrogens is 2. The summed E-state index contributed by atoms with van der Waals surface area (Å²) < 4.78 is 10.7. The molecule has 1 aliphatic heterocycles. The Hall–Kier alpha value is -1.66. The second kappa shape index (κ2) is 8.99. The second-order valence-corrected chi connectivity index (χ2v) is 6.42. The second-order valence-electron chi connectivity index (χ2n) is 6.42. The third-order valence-corrected chi connectivity index (χ3v) is 4.72. The van der Waals surface area contributed by atoms with E-state index in [9.17, 15) is 0 Å². The fourth-order valence-corrected chi connectivity index (χ4v) is 3.31. The van der Waals surface area contributed by atoms with Crippen molar-refractivity contribution in [2.75, 3.05) is 62.9 Å². The van der Waals surface area contributed by atoms with Crippen LogP contribution in [0, 0.1) is 5.92 Å². The Balaban J connectivity index is 1.71. The highest BCUT2D eigenvalue weighted by atomic mass is 16.5. The molecule has 1 saturated heterocycles. The number of rotatable bonds is 7. The van der Waals surface area contributed by atoms with E-state index in [0.29, 0.717) is 12.5 Å². The first-order valence-electron chi connectivity index (χ1n) is 8.90. The quantitative estimate of drug-likeness (QED) is 0.713. The van der Waals surface area contributed by atoms with Crippen LogP contribution in [0.2, 0.25) is 0 Å². The molecular weight excluding hydrogens is 304 g/mol. The minimum Gasteiger partial charge on any atom is -0.383 e. The molecule has 0 amide bonds. The lowest BCUT2D eigenvalue weighted by Gasteiger charge is -2.31. The van der Waals surface area contributed by atoms with E-state index in [1.165, 1.54) is 12.8 Å². The molecule has 132 valence electrons. The fourth-order valence-electron chi connectivity index (χ4n) is 3.31. The molecule has 0 saturated carbocycles. The van der Waals surface area contributed by atoms with Crippen LogP contribution in [-0.4, -0.2) is 63.1 Å². The molecule has 0 aromatic carbocycles. The van der Waals surface area contributed by atoms with Crippen molar-refractivity contribution in [3.05, 3.63) is 24.5 Å². The van der Waals surface area contributed by atoms with E-state index in [0.717, 1.165) is 57.4 Å². The molecule has 1 aromatic rings. The van der Waals surface area contributed by atoms with Gasteiger partial charge < -0.3 is 19.3 Å². The molecule has 3 rings (SSSR count). The molecule has 1 aliphatic carbocycles. The van der Waals surface area contributed by atoms with Gasteiger partial charge in [0.05, 0.1) is 19.8 Å². The van der Waals surface area contributed by atoms with Gasteiger partial charge in [-0.05, 0) is 25.2 Å². The van der Waals surface area contributed by atoms with Gasteiger partial charge in [0.15, 0.2) is 0 Å². The summed E-state index contributed by atoms with van der Waals surface area (Å²) in [6, 6.07) is 2.11. The molecule has 0 bridgehead atoms. The number of nitrogens with zero attached hydrogens (tertiary/aromatic N) is 4. The standard InChI is InChI=1S/C18H28N4O2/c1-23-10-7-22(14-16-5-3-2-4-6-16)18-13-17(19-15-20-18)21-8-11-24-12-9-21/h2-3,13,15-16H,4-12,14H2,1H3/t16-/m0/s1. The van der Waals surface area contributed by atoms with Crippen LogP contribution in [0.15, 0.2) is 24.5 Å². The molecule has 0 unspecified atom stereocenters. The maximum Gasteiger partial charge on any atom is 0.134 e. The highest BCUT2D eigenvalue weighted by Crippen LogP contribution is 2.23. The minimum atomic E-state index is 0.689. The third kappa shape index (κ3) is 4.68. The van der Waals surface area contributed by atoms with Crippen molar-refractivity contribution in [2.24, 2.45) is 5.92 Å². The molecule has 0 spiro atoms. The number of hydrogen-bond donors (Lipinski definition) is 0. The zero-order chi connectivity index (χ0) is 16.6. The van der Waals surface area contributed by atoms with Crippen LogP contribution in [0.25, 0.3) is 0 Å². The monoisotopic (exact) mass is 332 g/mol. The van der Waals surface area contributed by atoms with Crippen LogP contribution in [0.5, 0.6) is 0 Å². The maximum absolute atomic E-state index is 5.43. The number of allylic oxidation sites excluding steroid dienone is 2. The number of anilines is 2. The Kier molecular flexibility index (Phi) is 6.43. The van der Waals surface area contributed by atoms with Crippen molar-refractivity contribution in [1.29, 1.82) is 0 Å². The molecule has 0 radical (unpaired) electrons. The van der Waals surface area contributed by atoms with Crippen molar-refractivity contribution in [2.45, 2.75) is 19.3 Å². The van der Waals surface area contributed by atoms with Crippen molar-refractivity contribution in [3.63, 3.8) is 0 Å². The van der Waals surface area contributed by atoms with Crippen molar-refractivity contribution >= 4 is 11.6 Å². The van der Waals surface area contributed by atoms with Gasteiger partial charge in [0.1, 0.15) is 18.0 Å². The number of ether oxygens (including phenoxy) is 2. The fraction of sp³-hybridized carbons (Fsp3) is 0.667. The van der Waals surface area contributed by atoms with Gasteiger partial charge in [-0.15, -0.1) is 0 Å². The molecule has 2 heterocycles. The summed E-state index contributed by atoms with van der Waals surface area (Å²) in [6.45, 7) is 5.90. The first-order chi connectivity index (χ1) is 11.9. The molecule has 0 N–H and O–H groups in total. The summed E-state index contributed by atoms with van der Waals surface area (Å²) in [5.74, 6) is 2.68. The molecule has 24 heavy (non-hydrogen) atoms. The lowest BCUT2D eigenvalue weighted by molar-refractivity contribution is 0.122. The van der Waals surface area contributed by atoms with Gasteiger partial charge in [-0.3, -0.25) is 0 Å². The van der Waals surface area contributed by atoms with Gasteiger partial charge in [0.25, 0.3) is 0 Å². The highest BCUT2D eigenvalue weighted by Gasteiger charge is 2.19. The topological polar surface area (TPSA) is 50.7 Å². The molecular formula is C18H28N4O2. The van der Waals surface area contributed by atoms with Gasteiger partial charge in [0, 0.05) is 39.4 Å². The van der Waals surface area contributed by atoms with Gasteiger partial charge in [-0.25, -0.2) is 9.97 Å². The third-order valence-electron chi connectivity index (χ3n) is 4.72. The lowest BCUT2D eigenvalue weighted by atomic mass is 9.94. The Morgan fingerprint density at radius 1 is 1.29 bits per heavy atom. The SMILES string of the molecule is COCCN(C[C@H]1CC=CCC1)c1cc(N2CCOCC2)ncn1. The van der Waals surface area contributed by atoms with E-state index < -0.39 is 0 Å². The molecule has 6 heteroatoms.